The predicted octanol–water partition coefficient (Wildman–Crippen LogP) is 0.442. The van der Waals surface area contributed by atoms with Crippen molar-refractivity contribution >= 4 is 15.9 Å². The number of benzene rings is 1. The van der Waals surface area contributed by atoms with Crippen molar-refractivity contribution in [3.63, 3.8) is 0 Å². The van der Waals surface area contributed by atoms with Crippen LogP contribution in [0.3, 0.4) is 0 Å². The normalized spacial score (nSPS) is 11.4. The van der Waals surface area contributed by atoms with E-state index in [2.05, 4.69) is 16.6 Å². The maximum Gasteiger partial charge on any atom is 0.251 e. The van der Waals surface area contributed by atoms with Crippen LogP contribution in [0.1, 0.15) is 10.4 Å². The molecule has 7 heteroatoms. The Balaban J connectivity index is 2.80. The van der Waals surface area contributed by atoms with Gasteiger partial charge in [0.05, 0.1) is 4.90 Å². The molecule has 6 nitrogen and oxygen atoms in total. The van der Waals surface area contributed by atoms with Crippen molar-refractivity contribution in [1.29, 1.82) is 0 Å². The summed E-state index contributed by atoms with van der Waals surface area (Å²) in [5, 5.41) is 2.74. The highest BCUT2D eigenvalue weighted by Crippen LogP contribution is 2.11. The van der Waals surface area contributed by atoms with Crippen molar-refractivity contribution in [2.45, 2.75) is 4.90 Å². The highest BCUT2D eigenvalue weighted by Gasteiger charge is 2.15. The number of carbonyl (C=O) groups excluding carboxylic acids is 1. The number of amides is 1. The van der Waals surface area contributed by atoms with Crippen molar-refractivity contribution in [3.8, 4) is 0 Å². The Hall–Kier alpha value is -1.70. The molecule has 1 aromatic rings. The van der Waals surface area contributed by atoms with Crippen LogP contribution in [0.5, 0.6) is 0 Å². The van der Waals surface area contributed by atoms with Gasteiger partial charge >= 0.3 is 0 Å². The van der Waals surface area contributed by atoms with Gasteiger partial charge in [-0.3, -0.25) is 4.79 Å². The van der Waals surface area contributed by atoms with Crippen LogP contribution < -0.4 is 10.0 Å². The molecule has 0 saturated heterocycles. The first kappa shape index (κ1) is 17.4. The number of hydrogen-bond donors (Lipinski definition) is 2. The van der Waals surface area contributed by atoms with Gasteiger partial charge < -0.3 is 10.2 Å². The van der Waals surface area contributed by atoms with Crippen LogP contribution in [0.2, 0.25) is 0 Å². The Morgan fingerprint density at radius 3 is 2.71 bits per heavy atom. The Morgan fingerprint density at radius 1 is 1.38 bits per heavy atom. The molecule has 0 radical (unpaired) electrons. The van der Waals surface area contributed by atoms with Crippen LogP contribution in [-0.2, 0) is 10.0 Å². The third kappa shape index (κ3) is 5.66. The number of sulfonamides is 1. The van der Waals surface area contributed by atoms with E-state index in [1.54, 1.807) is 12.1 Å². The fraction of sp³-hybridized carbons (Fsp3) is 0.357. The lowest BCUT2D eigenvalue weighted by atomic mass is 10.2. The molecular weight excluding hydrogens is 290 g/mol. The Labute approximate surface area is 125 Å². The first-order valence-electron chi connectivity index (χ1n) is 6.50. The lowest BCUT2D eigenvalue weighted by molar-refractivity contribution is 0.0951. The van der Waals surface area contributed by atoms with Gasteiger partial charge in [-0.2, -0.15) is 0 Å². The van der Waals surface area contributed by atoms with Gasteiger partial charge in [0.15, 0.2) is 0 Å². The van der Waals surface area contributed by atoms with Gasteiger partial charge in [-0.05, 0) is 32.3 Å². The predicted molar refractivity (Wildman–Crippen MR) is 82.7 cm³/mol. The number of hydrogen-bond acceptors (Lipinski definition) is 4. The average Bonchev–Trinajstić information content (AvgIpc) is 2.45. The highest BCUT2D eigenvalue weighted by molar-refractivity contribution is 7.89. The Bertz CT molecular complexity index is 597. The van der Waals surface area contributed by atoms with Gasteiger partial charge in [0.2, 0.25) is 10.0 Å². The third-order valence-electron chi connectivity index (χ3n) is 2.67. The molecule has 0 saturated carbocycles. The molecule has 1 aromatic carbocycles. The molecule has 116 valence electrons. The average molecular weight is 311 g/mol. The molecule has 0 heterocycles. The minimum atomic E-state index is -3.62. The highest BCUT2D eigenvalue weighted by atomic mass is 32.2. The monoisotopic (exact) mass is 311 g/mol. The van der Waals surface area contributed by atoms with Crippen LogP contribution in [0.25, 0.3) is 0 Å². The SMILES string of the molecule is C=CCNS(=O)(=O)c1cccc(C(=O)NCCN(C)C)c1. The summed E-state index contributed by atoms with van der Waals surface area (Å²) in [6.45, 7) is 4.81. The molecule has 0 fully saturated rings. The number of nitrogens with zero attached hydrogens (tertiary/aromatic N) is 1. The van der Waals surface area contributed by atoms with Crippen molar-refractivity contribution in [1.82, 2.24) is 14.9 Å². The summed E-state index contributed by atoms with van der Waals surface area (Å²) >= 11 is 0. The minimum Gasteiger partial charge on any atom is -0.351 e. The largest absolute Gasteiger partial charge is 0.351 e. The lowest BCUT2D eigenvalue weighted by Gasteiger charge is -2.11. The van der Waals surface area contributed by atoms with Crippen LogP contribution in [0.15, 0.2) is 41.8 Å². The van der Waals surface area contributed by atoms with E-state index in [0.29, 0.717) is 18.7 Å². The van der Waals surface area contributed by atoms with Gasteiger partial charge in [-0.1, -0.05) is 12.1 Å². The van der Waals surface area contributed by atoms with E-state index in [0.717, 1.165) is 0 Å². The maximum absolute atomic E-state index is 12.0. The maximum atomic E-state index is 12.0. The summed E-state index contributed by atoms with van der Waals surface area (Å²) < 4.78 is 26.3. The standard InChI is InChI=1S/C14H21N3O3S/c1-4-8-16-21(19,20)13-7-5-6-12(11-13)14(18)15-9-10-17(2)3/h4-7,11,16H,1,8-10H2,2-3H3,(H,15,18). The number of likely N-dealkylation sites (N-methyl/N-ethyl adjacent to an activating group) is 1. The molecule has 0 unspecified atom stereocenters. The number of rotatable bonds is 8. The van der Waals surface area contributed by atoms with E-state index < -0.39 is 10.0 Å². The van der Waals surface area contributed by atoms with Crippen LogP contribution >= 0.6 is 0 Å². The zero-order chi connectivity index (χ0) is 15.9. The molecule has 2 N–H and O–H groups in total. The minimum absolute atomic E-state index is 0.0598. The zero-order valence-electron chi connectivity index (χ0n) is 12.3. The van der Waals surface area contributed by atoms with E-state index in [-0.39, 0.29) is 17.3 Å². The number of nitrogens with one attached hydrogen (secondary N) is 2. The van der Waals surface area contributed by atoms with Gasteiger partial charge in [0.1, 0.15) is 0 Å². The first-order chi connectivity index (χ1) is 9.86. The molecule has 1 rings (SSSR count). The summed E-state index contributed by atoms with van der Waals surface area (Å²) in [5.41, 5.74) is 0.315. The van der Waals surface area contributed by atoms with E-state index in [9.17, 15) is 13.2 Å². The van der Waals surface area contributed by atoms with Crippen molar-refractivity contribution in [2.75, 3.05) is 33.7 Å². The topological polar surface area (TPSA) is 78.5 Å². The summed E-state index contributed by atoms with van der Waals surface area (Å²) in [6, 6.07) is 5.93. The van der Waals surface area contributed by atoms with Crippen molar-refractivity contribution in [3.05, 3.63) is 42.5 Å². The lowest BCUT2D eigenvalue weighted by Crippen LogP contribution is -2.31. The first-order valence-corrected chi connectivity index (χ1v) is 7.98. The second kappa shape index (κ2) is 7.92. The van der Waals surface area contributed by atoms with Gasteiger partial charge in [-0.25, -0.2) is 13.1 Å². The zero-order valence-corrected chi connectivity index (χ0v) is 13.1. The smallest absolute Gasteiger partial charge is 0.251 e. The van der Waals surface area contributed by atoms with Gasteiger partial charge in [-0.15, -0.1) is 6.58 Å². The Kier molecular flexibility index (Phi) is 6.54. The Morgan fingerprint density at radius 2 is 2.10 bits per heavy atom. The van der Waals surface area contributed by atoms with E-state index >= 15 is 0 Å². The molecular formula is C14H21N3O3S. The third-order valence-corrected chi connectivity index (χ3v) is 4.09. The van der Waals surface area contributed by atoms with E-state index in [4.69, 9.17) is 0 Å². The number of carbonyl (C=O) groups is 1. The molecule has 0 aliphatic rings. The fourth-order valence-electron chi connectivity index (χ4n) is 1.55. The molecule has 0 aromatic heterocycles. The molecule has 1 amide bonds. The molecule has 0 bridgehead atoms. The second-order valence-electron chi connectivity index (χ2n) is 4.73. The van der Waals surface area contributed by atoms with Gasteiger partial charge in [0.25, 0.3) is 5.91 Å². The van der Waals surface area contributed by atoms with E-state index in [1.165, 1.54) is 18.2 Å². The molecule has 0 spiro atoms. The summed E-state index contributed by atoms with van der Waals surface area (Å²) in [7, 11) is 0.193. The summed E-state index contributed by atoms with van der Waals surface area (Å²) in [4.78, 5) is 14.0. The molecule has 0 aliphatic heterocycles. The molecule has 0 atom stereocenters. The molecule has 0 aliphatic carbocycles. The molecule has 21 heavy (non-hydrogen) atoms. The van der Waals surface area contributed by atoms with Crippen LogP contribution in [-0.4, -0.2) is 53.0 Å². The van der Waals surface area contributed by atoms with Crippen molar-refractivity contribution in [2.24, 2.45) is 0 Å². The van der Waals surface area contributed by atoms with Gasteiger partial charge in [0, 0.05) is 25.2 Å². The fourth-order valence-corrected chi connectivity index (χ4v) is 2.60. The summed E-state index contributed by atoms with van der Waals surface area (Å²) in [5.74, 6) is -0.294. The van der Waals surface area contributed by atoms with Crippen molar-refractivity contribution < 1.29 is 13.2 Å². The summed E-state index contributed by atoms with van der Waals surface area (Å²) in [6.07, 6.45) is 1.45. The second-order valence-corrected chi connectivity index (χ2v) is 6.49. The van der Waals surface area contributed by atoms with Crippen LogP contribution in [0.4, 0.5) is 0 Å². The van der Waals surface area contributed by atoms with Crippen LogP contribution in [0, 0.1) is 0 Å². The van der Waals surface area contributed by atoms with E-state index in [1.807, 2.05) is 19.0 Å². The quantitative estimate of drug-likeness (QED) is 0.683.